The van der Waals surface area contributed by atoms with Gasteiger partial charge in [0.05, 0.1) is 5.69 Å². The van der Waals surface area contributed by atoms with Gasteiger partial charge in [0, 0.05) is 11.1 Å². The molecule has 4 nitrogen and oxygen atoms in total. The van der Waals surface area contributed by atoms with Crippen LogP contribution in [0.25, 0.3) is 11.5 Å². The predicted octanol–water partition coefficient (Wildman–Crippen LogP) is 4.74. The van der Waals surface area contributed by atoms with Crippen LogP contribution in [0, 0.1) is 13.8 Å². The topological polar surface area (TPSA) is 52.3 Å². The largest absolute Gasteiger partial charge is 0.486 e. The van der Waals surface area contributed by atoms with E-state index in [2.05, 4.69) is 4.98 Å². The molecule has 0 aliphatic rings. The molecule has 3 aromatic rings. The maximum Gasteiger partial charge on any atom is 0.226 e. The number of aromatic nitrogens is 1. The van der Waals surface area contributed by atoms with Crippen LogP contribution in [0.3, 0.4) is 0 Å². The second-order valence-corrected chi connectivity index (χ2v) is 5.77. The summed E-state index contributed by atoms with van der Waals surface area (Å²) >= 11 is 0. The smallest absolute Gasteiger partial charge is 0.226 e. The summed E-state index contributed by atoms with van der Waals surface area (Å²) in [6.45, 7) is 5.78. The Morgan fingerprint density at radius 1 is 1.12 bits per heavy atom. The molecular weight excluding hydrogens is 302 g/mol. The van der Waals surface area contributed by atoms with E-state index in [4.69, 9.17) is 9.15 Å². The highest BCUT2D eigenvalue weighted by atomic mass is 16.5. The summed E-state index contributed by atoms with van der Waals surface area (Å²) < 4.78 is 11.6. The van der Waals surface area contributed by atoms with Crippen molar-refractivity contribution in [2.75, 3.05) is 0 Å². The number of oxazole rings is 1. The average Bonchev–Trinajstić information content (AvgIpc) is 2.94. The lowest BCUT2D eigenvalue weighted by Gasteiger charge is -2.05. The summed E-state index contributed by atoms with van der Waals surface area (Å²) in [6.07, 6.45) is 0. The SMILES string of the molecule is CC(=O)c1ccc(OCc2oc(-c3cccc(C)c3)nc2C)cc1. The lowest BCUT2D eigenvalue weighted by atomic mass is 10.1. The van der Waals surface area contributed by atoms with Gasteiger partial charge in [-0.25, -0.2) is 4.98 Å². The molecule has 0 unspecified atom stereocenters. The van der Waals surface area contributed by atoms with Crippen LogP contribution in [0.15, 0.2) is 52.9 Å². The zero-order valence-corrected chi connectivity index (χ0v) is 14.0. The molecule has 0 radical (unpaired) electrons. The molecule has 0 saturated heterocycles. The Hall–Kier alpha value is -2.88. The summed E-state index contributed by atoms with van der Waals surface area (Å²) in [5, 5.41) is 0. The number of hydrogen-bond donors (Lipinski definition) is 0. The lowest BCUT2D eigenvalue weighted by molar-refractivity contribution is 0.101. The van der Waals surface area contributed by atoms with Crippen molar-refractivity contribution in [3.05, 3.63) is 71.1 Å². The van der Waals surface area contributed by atoms with E-state index >= 15 is 0 Å². The molecule has 24 heavy (non-hydrogen) atoms. The van der Waals surface area contributed by atoms with E-state index in [1.54, 1.807) is 31.2 Å². The summed E-state index contributed by atoms with van der Waals surface area (Å²) in [4.78, 5) is 15.8. The molecule has 0 aliphatic heterocycles. The van der Waals surface area contributed by atoms with Gasteiger partial charge in [-0.1, -0.05) is 17.7 Å². The molecule has 0 aliphatic carbocycles. The molecule has 0 fully saturated rings. The van der Waals surface area contributed by atoms with Gasteiger partial charge < -0.3 is 9.15 Å². The van der Waals surface area contributed by atoms with E-state index in [-0.39, 0.29) is 5.78 Å². The minimum absolute atomic E-state index is 0.0374. The molecule has 0 saturated carbocycles. The predicted molar refractivity (Wildman–Crippen MR) is 92.2 cm³/mol. The first-order chi connectivity index (χ1) is 11.5. The van der Waals surface area contributed by atoms with E-state index in [0.29, 0.717) is 29.6 Å². The van der Waals surface area contributed by atoms with E-state index < -0.39 is 0 Å². The highest BCUT2D eigenvalue weighted by Gasteiger charge is 2.12. The summed E-state index contributed by atoms with van der Waals surface area (Å²) in [7, 11) is 0. The van der Waals surface area contributed by atoms with Gasteiger partial charge >= 0.3 is 0 Å². The number of carbonyl (C=O) groups excluding carboxylic acids is 1. The number of Topliss-reactive ketones (excluding diaryl/α,β-unsaturated/α-hetero) is 1. The van der Waals surface area contributed by atoms with Gasteiger partial charge in [-0.2, -0.15) is 0 Å². The molecule has 0 atom stereocenters. The number of aryl methyl sites for hydroxylation is 2. The first-order valence-electron chi connectivity index (χ1n) is 7.80. The Morgan fingerprint density at radius 3 is 2.54 bits per heavy atom. The highest BCUT2D eigenvalue weighted by Crippen LogP contribution is 2.24. The van der Waals surface area contributed by atoms with Crippen LogP contribution in [0.2, 0.25) is 0 Å². The van der Waals surface area contributed by atoms with Gasteiger partial charge in [-0.05, 0) is 57.2 Å². The minimum atomic E-state index is 0.0374. The van der Waals surface area contributed by atoms with Gasteiger partial charge in [0.25, 0.3) is 0 Å². The van der Waals surface area contributed by atoms with Gasteiger partial charge in [-0.15, -0.1) is 0 Å². The quantitative estimate of drug-likeness (QED) is 0.637. The zero-order valence-electron chi connectivity index (χ0n) is 14.0. The Bertz CT molecular complexity index is 863. The molecule has 1 aromatic heterocycles. The molecule has 1 heterocycles. The van der Waals surface area contributed by atoms with Crippen molar-refractivity contribution in [2.45, 2.75) is 27.4 Å². The van der Waals surface area contributed by atoms with Gasteiger partial charge in [0.1, 0.15) is 12.4 Å². The molecule has 0 N–H and O–H groups in total. The maximum atomic E-state index is 11.3. The maximum absolute atomic E-state index is 11.3. The van der Waals surface area contributed by atoms with Crippen molar-refractivity contribution >= 4 is 5.78 Å². The number of benzene rings is 2. The van der Waals surface area contributed by atoms with E-state index in [1.165, 1.54) is 0 Å². The second kappa shape index (κ2) is 6.71. The van der Waals surface area contributed by atoms with Crippen LogP contribution in [-0.4, -0.2) is 10.8 Å². The number of ketones is 1. The number of ether oxygens (including phenoxy) is 1. The van der Waals surface area contributed by atoms with Crippen LogP contribution < -0.4 is 4.74 Å². The van der Waals surface area contributed by atoms with E-state index in [0.717, 1.165) is 16.8 Å². The number of nitrogens with zero attached hydrogens (tertiary/aromatic N) is 1. The van der Waals surface area contributed by atoms with Gasteiger partial charge in [-0.3, -0.25) is 4.79 Å². The van der Waals surface area contributed by atoms with Crippen molar-refractivity contribution in [2.24, 2.45) is 0 Å². The summed E-state index contributed by atoms with van der Waals surface area (Å²) in [5.74, 6) is 2.02. The van der Waals surface area contributed by atoms with Gasteiger partial charge in [0.15, 0.2) is 11.5 Å². The third kappa shape index (κ3) is 3.54. The fourth-order valence-electron chi connectivity index (χ4n) is 2.40. The Morgan fingerprint density at radius 2 is 1.88 bits per heavy atom. The average molecular weight is 321 g/mol. The van der Waals surface area contributed by atoms with E-state index in [9.17, 15) is 4.79 Å². The van der Waals surface area contributed by atoms with Crippen molar-refractivity contribution in [1.82, 2.24) is 4.98 Å². The highest BCUT2D eigenvalue weighted by molar-refractivity contribution is 5.94. The van der Waals surface area contributed by atoms with Crippen LogP contribution in [-0.2, 0) is 6.61 Å². The lowest BCUT2D eigenvalue weighted by Crippen LogP contribution is -1.97. The molecule has 0 amide bonds. The van der Waals surface area contributed by atoms with Gasteiger partial charge in [0.2, 0.25) is 5.89 Å². The van der Waals surface area contributed by atoms with E-state index in [1.807, 2.05) is 38.1 Å². The molecule has 3 rings (SSSR count). The first-order valence-corrected chi connectivity index (χ1v) is 7.80. The molecule has 2 aromatic carbocycles. The zero-order chi connectivity index (χ0) is 17.1. The fourth-order valence-corrected chi connectivity index (χ4v) is 2.40. The monoisotopic (exact) mass is 321 g/mol. The minimum Gasteiger partial charge on any atom is -0.486 e. The Kier molecular flexibility index (Phi) is 4.47. The van der Waals surface area contributed by atoms with Crippen LogP contribution in [0.5, 0.6) is 5.75 Å². The first kappa shape index (κ1) is 16.0. The number of rotatable bonds is 5. The molecule has 4 heteroatoms. The number of hydrogen-bond acceptors (Lipinski definition) is 4. The fraction of sp³-hybridized carbons (Fsp3) is 0.200. The second-order valence-electron chi connectivity index (χ2n) is 5.77. The third-order valence-electron chi connectivity index (χ3n) is 3.79. The summed E-state index contributed by atoms with van der Waals surface area (Å²) in [6, 6.07) is 15.1. The Balaban J connectivity index is 1.73. The Labute approximate surface area is 141 Å². The number of carbonyl (C=O) groups is 1. The molecular formula is C20H19NO3. The van der Waals surface area contributed by atoms with Crippen molar-refractivity contribution in [3.8, 4) is 17.2 Å². The third-order valence-corrected chi connectivity index (χ3v) is 3.79. The normalized spacial score (nSPS) is 10.6. The van der Waals surface area contributed by atoms with Crippen LogP contribution >= 0.6 is 0 Å². The summed E-state index contributed by atoms with van der Waals surface area (Å²) in [5.41, 5.74) is 3.59. The standard InChI is InChI=1S/C20H19NO3/c1-13-5-4-6-17(11-13)20-21-14(2)19(24-20)12-23-18-9-7-16(8-10-18)15(3)22/h4-11H,12H2,1-3H3. The molecule has 0 spiro atoms. The van der Waals surface area contributed by atoms with Crippen LogP contribution in [0.1, 0.15) is 34.3 Å². The van der Waals surface area contributed by atoms with Crippen molar-refractivity contribution in [3.63, 3.8) is 0 Å². The molecule has 122 valence electrons. The van der Waals surface area contributed by atoms with Crippen molar-refractivity contribution < 1.29 is 13.9 Å². The van der Waals surface area contributed by atoms with Crippen molar-refractivity contribution in [1.29, 1.82) is 0 Å². The van der Waals surface area contributed by atoms with Crippen LogP contribution in [0.4, 0.5) is 0 Å². The molecule has 0 bridgehead atoms.